The summed E-state index contributed by atoms with van der Waals surface area (Å²) in [7, 11) is 0. The molecule has 127 valence electrons. The van der Waals surface area contributed by atoms with Gasteiger partial charge in [-0.1, -0.05) is 12.1 Å². The number of nitrogens with zero attached hydrogens (tertiary/aromatic N) is 5. The lowest BCUT2D eigenvalue weighted by molar-refractivity contribution is 0.0577. The summed E-state index contributed by atoms with van der Waals surface area (Å²) in [5.74, 6) is -0.751. The fourth-order valence-corrected chi connectivity index (χ4v) is 2.96. The number of carbonyl (C=O) groups excluding carboxylic acids is 2. The lowest BCUT2D eigenvalue weighted by Crippen LogP contribution is -2.49. The van der Waals surface area contributed by atoms with Gasteiger partial charge in [-0.2, -0.15) is 5.26 Å². The molecular weight excluding hydrogens is 332 g/mol. The number of fused-ring (bicyclic) bond motifs is 1. The van der Waals surface area contributed by atoms with Crippen molar-refractivity contribution in [3.8, 4) is 17.3 Å². The van der Waals surface area contributed by atoms with Gasteiger partial charge in [0.15, 0.2) is 5.65 Å². The summed E-state index contributed by atoms with van der Waals surface area (Å²) >= 11 is 0. The molecule has 2 aromatic heterocycles. The third-order valence-corrected chi connectivity index (χ3v) is 4.42. The molecule has 4 rings (SSSR count). The lowest BCUT2D eigenvalue weighted by Gasteiger charge is -2.35. The van der Waals surface area contributed by atoms with Crippen LogP contribution in [-0.2, 0) is 0 Å². The first kappa shape index (κ1) is 15.8. The van der Waals surface area contributed by atoms with Gasteiger partial charge in [0.2, 0.25) is 6.33 Å². The van der Waals surface area contributed by atoms with Crippen molar-refractivity contribution >= 4 is 17.5 Å². The molecule has 8 nitrogen and oxygen atoms in total. The average Bonchev–Trinajstić information content (AvgIpc) is 3.09. The van der Waals surface area contributed by atoms with Crippen LogP contribution in [0.5, 0.6) is 0 Å². The minimum atomic E-state index is -0.589. The van der Waals surface area contributed by atoms with Crippen LogP contribution in [0.25, 0.3) is 16.9 Å². The van der Waals surface area contributed by atoms with Crippen LogP contribution in [0.15, 0.2) is 36.4 Å². The molecule has 2 N–H and O–H groups in total. The first-order valence-electron chi connectivity index (χ1n) is 7.93. The molecule has 3 heterocycles. The molecule has 0 atom stereocenters. The number of amides is 2. The van der Waals surface area contributed by atoms with E-state index < -0.39 is 5.91 Å². The average molecular weight is 345 g/mol. The Hall–Kier alpha value is -3.73. The zero-order valence-corrected chi connectivity index (χ0v) is 13.6. The van der Waals surface area contributed by atoms with Gasteiger partial charge >= 0.3 is 0 Å². The smallest absolute Gasteiger partial charge is 0.253 e. The van der Waals surface area contributed by atoms with E-state index in [1.807, 2.05) is 0 Å². The van der Waals surface area contributed by atoms with E-state index in [4.69, 9.17) is 11.0 Å². The Morgan fingerprint density at radius 2 is 1.92 bits per heavy atom. The number of hydrogen-bond donors (Lipinski definition) is 1. The number of benzene rings is 1. The number of nitriles is 1. The van der Waals surface area contributed by atoms with Crippen molar-refractivity contribution in [3.05, 3.63) is 53.9 Å². The molecule has 0 saturated carbocycles. The Kier molecular flexibility index (Phi) is 3.62. The van der Waals surface area contributed by atoms with Gasteiger partial charge in [-0.3, -0.25) is 9.59 Å². The third kappa shape index (κ3) is 2.46. The molecule has 3 aromatic rings. The van der Waals surface area contributed by atoms with Gasteiger partial charge in [-0.15, -0.1) is 5.10 Å². The van der Waals surface area contributed by atoms with Crippen LogP contribution < -0.4 is 5.73 Å². The highest BCUT2D eigenvalue weighted by Gasteiger charge is 2.30. The molecule has 2 amide bonds. The fourth-order valence-electron chi connectivity index (χ4n) is 2.96. The molecule has 0 spiro atoms. The summed E-state index contributed by atoms with van der Waals surface area (Å²) < 4.78 is 1.49. The van der Waals surface area contributed by atoms with Crippen LogP contribution in [-0.4, -0.2) is 44.4 Å². The minimum Gasteiger partial charge on any atom is -0.365 e. The number of nitrogens with two attached hydrogens (primary N) is 1. The largest absolute Gasteiger partial charge is 0.365 e. The van der Waals surface area contributed by atoms with Crippen LogP contribution in [0.2, 0.25) is 0 Å². The first-order valence-corrected chi connectivity index (χ1v) is 7.93. The van der Waals surface area contributed by atoms with E-state index >= 15 is 0 Å². The van der Waals surface area contributed by atoms with E-state index in [0.717, 1.165) is 5.56 Å². The van der Waals surface area contributed by atoms with Gasteiger partial charge in [0.25, 0.3) is 11.8 Å². The second-order valence-electron chi connectivity index (χ2n) is 6.06. The summed E-state index contributed by atoms with van der Waals surface area (Å²) in [6.45, 7) is 0.947. The van der Waals surface area contributed by atoms with E-state index in [2.05, 4.69) is 22.5 Å². The summed E-state index contributed by atoms with van der Waals surface area (Å²) in [4.78, 5) is 29.5. The first-order chi connectivity index (χ1) is 12.6. The standard InChI is InChI=1S/C18H13N6O2/c19-7-11-8-23(9-11)18(26)13-3-1-12(2-4-13)15-6-5-14(16(20)25)17-21-10-22-24(15)17/h1-6,11H,8-9H2,(H2,20,25). The topological polar surface area (TPSA) is 117 Å². The minimum absolute atomic E-state index is 0.0705. The lowest BCUT2D eigenvalue weighted by atomic mass is 10.00. The maximum absolute atomic E-state index is 12.4. The normalized spacial score (nSPS) is 14.0. The summed E-state index contributed by atoms with van der Waals surface area (Å²) in [6, 6.07) is 12.5. The van der Waals surface area contributed by atoms with E-state index in [0.29, 0.717) is 30.0 Å². The number of rotatable bonds is 3. The second kappa shape index (κ2) is 5.97. The highest BCUT2D eigenvalue weighted by Crippen LogP contribution is 2.24. The van der Waals surface area contributed by atoms with E-state index in [1.165, 1.54) is 4.52 Å². The Bertz CT molecular complexity index is 1060. The van der Waals surface area contributed by atoms with Crippen molar-refractivity contribution in [2.24, 2.45) is 11.7 Å². The molecule has 1 radical (unpaired) electrons. The second-order valence-corrected chi connectivity index (χ2v) is 6.06. The molecule has 0 unspecified atom stereocenters. The number of primary amides is 1. The highest BCUT2D eigenvalue weighted by molar-refractivity contribution is 5.99. The Balaban J connectivity index is 1.64. The molecule has 1 aliphatic heterocycles. The van der Waals surface area contributed by atoms with Gasteiger partial charge in [-0.25, -0.2) is 9.50 Å². The van der Waals surface area contributed by atoms with Crippen molar-refractivity contribution in [1.82, 2.24) is 19.5 Å². The van der Waals surface area contributed by atoms with Gasteiger partial charge in [0.1, 0.15) is 0 Å². The van der Waals surface area contributed by atoms with Crippen LogP contribution in [0.1, 0.15) is 20.7 Å². The highest BCUT2D eigenvalue weighted by atomic mass is 16.2. The zero-order chi connectivity index (χ0) is 18.3. The Morgan fingerprint density at radius 3 is 2.58 bits per heavy atom. The Morgan fingerprint density at radius 1 is 1.19 bits per heavy atom. The van der Waals surface area contributed by atoms with Gasteiger partial charge in [0.05, 0.1) is 23.2 Å². The van der Waals surface area contributed by atoms with E-state index in [-0.39, 0.29) is 17.4 Å². The van der Waals surface area contributed by atoms with Gasteiger partial charge in [0, 0.05) is 24.2 Å². The predicted octanol–water partition coefficient (Wildman–Crippen LogP) is 0.891. The van der Waals surface area contributed by atoms with E-state index in [9.17, 15) is 9.59 Å². The summed E-state index contributed by atoms with van der Waals surface area (Å²) in [5, 5.41) is 12.8. The van der Waals surface area contributed by atoms with Crippen LogP contribution >= 0.6 is 0 Å². The maximum Gasteiger partial charge on any atom is 0.253 e. The molecule has 1 saturated heterocycles. The van der Waals surface area contributed by atoms with Crippen molar-refractivity contribution in [2.45, 2.75) is 0 Å². The van der Waals surface area contributed by atoms with E-state index in [1.54, 1.807) is 41.3 Å². The van der Waals surface area contributed by atoms with Crippen molar-refractivity contribution < 1.29 is 9.59 Å². The Labute approximate surface area is 148 Å². The number of hydrogen-bond acceptors (Lipinski definition) is 5. The molecule has 26 heavy (non-hydrogen) atoms. The van der Waals surface area contributed by atoms with Crippen LogP contribution in [0.3, 0.4) is 0 Å². The monoisotopic (exact) mass is 345 g/mol. The quantitative estimate of drug-likeness (QED) is 0.756. The van der Waals surface area contributed by atoms with Crippen molar-refractivity contribution in [2.75, 3.05) is 13.1 Å². The number of aromatic nitrogens is 3. The molecular formula is C18H13N6O2. The SMILES string of the molecule is N#CC1CN(C(=O)c2ccc(-c3ccc(C(N)=O)c4n[c]nn34)cc2)C1. The van der Waals surface area contributed by atoms with Crippen molar-refractivity contribution in [3.63, 3.8) is 0 Å². The predicted molar refractivity (Wildman–Crippen MR) is 90.8 cm³/mol. The summed E-state index contributed by atoms with van der Waals surface area (Å²) in [5.41, 5.74) is 8.01. The molecule has 1 fully saturated rings. The zero-order valence-electron chi connectivity index (χ0n) is 13.6. The van der Waals surface area contributed by atoms with Crippen molar-refractivity contribution in [1.29, 1.82) is 5.26 Å². The maximum atomic E-state index is 12.4. The number of carbonyl (C=O) groups is 2. The summed E-state index contributed by atoms with van der Waals surface area (Å²) in [6.07, 6.45) is 2.48. The van der Waals surface area contributed by atoms with Crippen LogP contribution in [0.4, 0.5) is 0 Å². The van der Waals surface area contributed by atoms with Crippen LogP contribution in [0, 0.1) is 23.6 Å². The molecule has 1 aromatic carbocycles. The molecule has 0 bridgehead atoms. The van der Waals surface area contributed by atoms with Gasteiger partial charge in [-0.05, 0) is 24.3 Å². The van der Waals surface area contributed by atoms with Gasteiger partial charge < -0.3 is 10.6 Å². The number of pyridine rings is 1. The molecule has 8 heteroatoms. The number of likely N-dealkylation sites (tertiary alicyclic amines) is 1. The molecule has 1 aliphatic rings. The molecule has 0 aliphatic carbocycles. The fraction of sp³-hybridized carbons (Fsp3) is 0.167. The third-order valence-electron chi connectivity index (χ3n) is 4.42.